The summed E-state index contributed by atoms with van der Waals surface area (Å²) in [6.45, 7) is 3.70. The Balaban J connectivity index is 1.87. The number of amides is 1. The van der Waals surface area contributed by atoms with Crippen molar-refractivity contribution in [1.82, 2.24) is 0 Å². The van der Waals surface area contributed by atoms with Gasteiger partial charge in [0.15, 0.2) is 0 Å². The number of fused-ring (bicyclic) bond motifs is 1. The Kier molecular flexibility index (Phi) is 3.68. The van der Waals surface area contributed by atoms with E-state index in [4.69, 9.17) is 0 Å². The lowest BCUT2D eigenvalue weighted by Gasteiger charge is -2.19. The predicted molar refractivity (Wildman–Crippen MR) is 85.1 cm³/mol. The van der Waals surface area contributed by atoms with Crippen LogP contribution in [0.4, 0.5) is 10.1 Å². The van der Waals surface area contributed by atoms with E-state index in [9.17, 15) is 9.18 Å². The number of anilines is 1. The number of hydrogen-bond acceptors (Lipinski definition) is 1. The van der Waals surface area contributed by atoms with Gasteiger partial charge in [-0.25, -0.2) is 4.39 Å². The summed E-state index contributed by atoms with van der Waals surface area (Å²) in [6, 6.07) is 12.6. The number of nitrogens with zero attached hydrogens (tertiary/aromatic N) is 1. The van der Waals surface area contributed by atoms with Crippen LogP contribution in [0.1, 0.15) is 23.6 Å². The largest absolute Gasteiger partial charge is 0.303 e. The molecule has 22 heavy (non-hydrogen) atoms. The first-order valence-electron chi connectivity index (χ1n) is 7.25. The highest BCUT2D eigenvalue weighted by molar-refractivity contribution is 6.07. The average molecular weight is 293 g/mol. The molecule has 1 aliphatic heterocycles. The van der Waals surface area contributed by atoms with Gasteiger partial charge in [0.1, 0.15) is 5.82 Å². The number of halogens is 1. The molecule has 0 saturated carbocycles. The first-order valence-corrected chi connectivity index (χ1v) is 7.25. The smallest absolute Gasteiger partial charge is 0.298 e. The number of hydrogen-bond donors (Lipinski definition) is 0. The van der Waals surface area contributed by atoms with Crippen molar-refractivity contribution in [2.24, 2.45) is 0 Å². The summed E-state index contributed by atoms with van der Waals surface area (Å²) < 4.78 is 13.2. The molecule has 2 aromatic rings. The normalized spacial score (nSPS) is 16.0. The first-order chi connectivity index (χ1) is 10.6. The summed E-state index contributed by atoms with van der Waals surface area (Å²) >= 11 is 0. The zero-order chi connectivity index (χ0) is 15.7. The molecule has 2 nitrogen and oxygen atoms in total. The molecule has 1 atom stereocenters. The van der Waals surface area contributed by atoms with Crippen LogP contribution in [-0.4, -0.2) is 11.9 Å². The van der Waals surface area contributed by atoms with Gasteiger partial charge in [0.2, 0.25) is 0 Å². The van der Waals surface area contributed by atoms with Crippen LogP contribution < -0.4 is 4.90 Å². The molecule has 0 fully saturated rings. The maximum Gasteiger partial charge on any atom is 0.303 e. The number of carbonyl (C=O) groups excluding carboxylic acids is 1. The Morgan fingerprint density at radius 1 is 1.27 bits per heavy atom. The summed E-state index contributed by atoms with van der Waals surface area (Å²) in [5.74, 6) is 5.02. The van der Waals surface area contributed by atoms with E-state index < -0.39 is 0 Å². The molecule has 0 aliphatic carbocycles. The fraction of sp³-hybridized carbons (Fsp3) is 0.211. The molecule has 1 heterocycles. The van der Waals surface area contributed by atoms with E-state index >= 15 is 0 Å². The average Bonchev–Trinajstić information content (AvgIpc) is 2.84. The van der Waals surface area contributed by atoms with E-state index in [2.05, 4.69) is 11.8 Å². The fourth-order valence-corrected chi connectivity index (χ4v) is 2.78. The second-order valence-electron chi connectivity index (χ2n) is 5.57. The molecule has 0 N–H and O–H groups in total. The Bertz CT molecular complexity index is 801. The zero-order valence-corrected chi connectivity index (χ0v) is 12.6. The quantitative estimate of drug-likeness (QED) is 0.681. The molecule has 2 aromatic carbocycles. The standard InChI is InChI=1S/C19H16FNO/c1-13-11-15(7-9-17(13)20)8-10-19(22)21-14(2)12-16-5-3-4-6-18(16)21/h3-7,9,11,14H,12H2,1-2H3. The second kappa shape index (κ2) is 5.65. The van der Waals surface area contributed by atoms with Gasteiger partial charge in [0.05, 0.1) is 0 Å². The monoisotopic (exact) mass is 293 g/mol. The summed E-state index contributed by atoms with van der Waals surface area (Å²) in [5, 5.41) is 0. The summed E-state index contributed by atoms with van der Waals surface area (Å²) in [6.07, 6.45) is 0.846. The predicted octanol–water partition coefficient (Wildman–Crippen LogP) is 3.46. The van der Waals surface area contributed by atoms with Crippen LogP contribution in [0.15, 0.2) is 42.5 Å². The Hall–Kier alpha value is -2.60. The number of para-hydroxylation sites is 1. The van der Waals surface area contributed by atoms with Crippen LogP contribution in [0.5, 0.6) is 0 Å². The molecule has 0 spiro atoms. The molecule has 1 unspecified atom stereocenters. The lowest BCUT2D eigenvalue weighted by molar-refractivity contribution is -0.113. The van der Waals surface area contributed by atoms with Crippen molar-refractivity contribution in [3.05, 3.63) is 65.0 Å². The SMILES string of the molecule is Cc1cc(C#CC(=O)N2c3ccccc3CC2C)ccc1F. The van der Waals surface area contributed by atoms with Crippen molar-refractivity contribution in [3.8, 4) is 11.8 Å². The molecule has 0 aromatic heterocycles. The lowest BCUT2D eigenvalue weighted by Crippen LogP contribution is -2.34. The van der Waals surface area contributed by atoms with Crippen LogP contribution in [0.3, 0.4) is 0 Å². The third kappa shape index (κ3) is 2.60. The van der Waals surface area contributed by atoms with E-state index in [1.54, 1.807) is 24.0 Å². The second-order valence-corrected chi connectivity index (χ2v) is 5.57. The summed E-state index contributed by atoms with van der Waals surface area (Å²) in [7, 11) is 0. The molecule has 1 aliphatic rings. The number of benzene rings is 2. The molecule has 3 rings (SSSR count). The van der Waals surface area contributed by atoms with Gasteiger partial charge in [-0.2, -0.15) is 0 Å². The van der Waals surface area contributed by atoms with Crippen LogP contribution in [0.25, 0.3) is 0 Å². The lowest BCUT2D eigenvalue weighted by atomic mass is 10.1. The summed E-state index contributed by atoms with van der Waals surface area (Å²) in [5.41, 5.74) is 3.28. The third-order valence-corrected chi connectivity index (χ3v) is 3.90. The van der Waals surface area contributed by atoms with Gasteiger partial charge in [0, 0.05) is 23.2 Å². The Morgan fingerprint density at radius 2 is 2.05 bits per heavy atom. The van der Waals surface area contributed by atoms with Crippen LogP contribution in [0, 0.1) is 24.6 Å². The van der Waals surface area contributed by atoms with Crippen LogP contribution >= 0.6 is 0 Å². The highest BCUT2D eigenvalue weighted by Crippen LogP contribution is 2.31. The Morgan fingerprint density at radius 3 is 2.82 bits per heavy atom. The van der Waals surface area contributed by atoms with Gasteiger partial charge in [-0.3, -0.25) is 9.69 Å². The molecule has 1 amide bonds. The fourth-order valence-electron chi connectivity index (χ4n) is 2.78. The van der Waals surface area contributed by atoms with Gasteiger partial charge >= 0.3 is 5.91 Å². The minimum Gasteiger partial charge on any atom is -0.298 e. The number of carbonyl (C=O) groups is 1. The highest BCUT2D eigenvalue weighted by atomic mass is 19.1. The van der Waals surface area contributed by atoms with Crippen molar-refractivity contribution >= 4 is 11.6 Å². The van der Waals surface area contributed by atoms with Crippen LogP contribution in [-0.2, 0) is 11.2 Å². The molecule has 0 radical (unpaired) electrons. The van der Waals surface area contributed by atoms with E-state index in [0.29, 0.717) is 11.1 Å². The van der Waals surface area contributed by atoms with E-state index in [0.717, 1.165) is 12.1 Å². The van der Waals surface area contributed by atoms with E-state index in [1.165, 1.54) is 11.6 Å². The maximum absolute atomic E-state index is 13.2. The van der Waals surface area contributed by atoms with Gasteiger partial charge in [0.25, 0.3) is 0 Å². The van der Waals surface area contributed by atoms with Gasteiger partial charge in [-0.05, 0) is 55.7 Å². The minimum atomic E-state index is -0.265. The van der Waals surface area contributed by atoms with Crippen LogP contribution in [0.2, 0.25) is 0 Å². The third-order valence-electron chi connectivity index (χ3n) is 3.90. The van der Waals surface area contributed by atoms with Gasteiger partial charge in [-0.1, -0.05) is 24.1 Å². The molecular formula is C19H16FNO. The van der Waals surface area contributed by atoms with E-state index in [-0.39, 0.29) is 17.8 Å². The molecule has 110 valence electrons. The highest BCUT2D eigenvalue weighted by Gasteiger charge is 2.29. The van der Waals surface area contributed by atoms with Gasteiger partial charge in [-0.15, -0.1) is 0 Å². The van der Waals surface area contributed by atoms with Gasteiger partial charge < -0.3 is 0 Å². The van der Waals surface area contributed by atoms with Crippen molar-refractivity contribution in [2.75, 3.05) is 4.90 Å². The minimum absolute atomic E-state index is 0.106. The molecule has 0 saturated heterocycles. The van der Waals surface area contributed by atoms with Crippen molar-refractivity contribution in [3.63, 3.8) is 0 Å². The number of aryl methyl sites for hydroxylation is 1. The Labute approximate surface area is 129 Å². The number of rotatable bonds is 0. The molecule has 3 heteroatoms. The summed E-state index contributed by atoms with van der Waals surface area (Å²) in [4.78, 5) is 14.2. The molecular weight excluding hydrogens is 277 g/mol. The van der Waals surface area contributed by atoms with E-state index in [1.807, 2.05) is 31.2 Å². The van der Waals surface area contributed by atoms with Crippen molar-refractivity contribution < 1.29 is 9.18 Å². The first kappa shape index (κ1) is 14.3. The zero-order valence-electron chi connectivity index (χ0n) is 12.6. The van der Waals surface area contributed by atoms with Crippen molar-refractivity contribution in [1.29, 1.82) is 0 Å². The maximum atomic E-state index is 13.2. The molecule has 0 bridgehead atoms. The topological polar surface area (TPSA) is 20.3 Å². The van der Waals surface area contributed by atoms with Crippen molar-refractivity contribution in [2.45, 2.75) is 26.3 Å².